The van der Waals surface area contributed by atoms with Gasteiger partial charge in [-0.05, 0) is 45.0 Å². The molecule has 114 valence electrons. The number of nitrogens with one attached hydrogen (secondary N) is 1. The van der Waals surface area contributed by atoms with Crippen molar-refractivity contribution in [2.45, 2.75) is 38.6 Å². The Labute approximate surface area is 122 Å². The van der Waals surface area contributed by atoms with Crippen molar-refractivity contribution < 1.29 is 8.42 Å². The average molecular weight is 299 g/mol. The Morgan fingerprint density at radius 2 is 1.85 bits per heavy atom. The molecule has 0 aromatic heterocycles. The molecule has 0 aliphatic carbocycles. The normalized spacial score (nSPS) is 12.2. The third kappa shape index (κ3) is 3.86. The lowest BCUT2D eigenvalue weighted by Gasteiger charge is -2.32. The van der Waals surface area contributed by atoms with E-state index in [-0.39, 0.29) is 4.90 Å². The van der Waals surface area contributed by atoms with Gasteiger partial charge in [-0.3, -0.25) is 0 Å². The molecule has 0 spiro atoms. The molecule has 6 heteroatoms. The predicted octanol–water partition coefficient (Wildman–Crippen LogP) is 2.05. The number of rotatable bonds is 6. The van der Waals surface area contributed by atoms with Crippen molar-refractivity contribution in [2.24, 2.45) is 5.92 Å². The quantitative estimate of drug-likeness (QED) is 0.788. The average Bonchev–Trinajstić information content (AvgIpc) is 2.35. The fraction of sp³-hybridized carbons (Fsp3) is 0.571. The second-order valence-corrected chi connectivity index (χ2v) is 7.45. The van der Waals surface area contributed by atoms with Gasteiger partial charge in [0.15, 0.2) is 0 Å². The van der Waals surface area contributed by atoms with E-state index >= 15 is 0 Å². The molecule has 0 aliphatic heterocycles. The first kappa shape index (κ1) is 16.8. The summed E-state index contributed by atoms with van der Waals surface area (Å²) in [5.74, 6) is 0.498. The van der Waals surface area contributed by atoms with E-state index < -0.39 is 10.0 Å². The zero-order chi connectivity index (χ0) is 15.5. The third-order valence-electron chi connectivity index (χ3n) is 3.07. The van der Waals surface area contributed by atoms with E-state index in [0.717, 1.165) is 12.2 Å². The van der Waals surface area contributed by atoms with Crippen LogP contribution in [0.4, 0.5) is 11.4 Å². The summed E-state index contributed by atoms with van der Waals surface area (Å²) in [5.41, 5.74) is 7.41. The Balaban J connectivity index is 3.20. The molecule has 0 aliphatic rings. The fourth-order valence-electron chi connectivity index (χ4n) is 2.06. The topological polar surface area (TPSA) is 75.4 Å². The minimum atomic E-state index is -3.45. The Morgan fingerprint density at radius 1 is 1.25 bits per heavy atom. The molecule has 0 heterocycles. The van der Waals surface area contributed by atoms with E-state index in [9.17, 15) is 8.42 Å². The second-order valence-electron chi connectivity index (χ2n) is 5.57. The largest absolute Gasteiger partial charge is 0.397 e. The highest BCUT2D eigenvalue weighted by Gasteiger charge is 2.18. The SMILES string of the molecule is CNS(=O)(=O)c1ccc(N(CC(C)C)C(C)C)c(N)c1. The molecule has 1 rings (SSSR count). The molecule has 0 atom stereocenters. The van der Waals surface area contributed by atoms with Crippen LogP contribution in [-0.2, 0) is 10.0 Å². The monoisotopic (exact) mass is 299 g/mol. The predicted molar refractivity (Wildman–Crippen MR) is 84.4 cm³/mol. The molecule has 0 amide bonds. The summed E-state index contributed by atoms with van der Waals surface area (Å²) in [6.45, 7) is 9.36. The van der Waals surface area contributed by atoms with Gasteiger partial charge in [0.2, 0.25) is 10.0 Å². The Kier molecular flexibility index (Phi) is 5.42. The number of benzene rings is 1. The van der Waals surface area contributed by atoms with Crippen LogP contribution in [0.25, 0.3) is 0 Å². The van der Waals surface area contributed by atoms with Gasteiger partial charge in [0, 0.05) is 12.6 Å². The van der Waals surface area contributed by atoms with Crippen molar-refractivity contribution in [3.63, 3.8) is 0 Å². The van der Waals surface area contributed by atoms with Crippen LogP contribution in [0.1, 0.15) is 27.7 Å². The van der Waals surface area contributed by atoms with Crippen LogP contribution < -0.4 is 15.4 Å². The molecule has 1 aromatic rings. The van der Waals surface area contributed by atoms with Gasteiger partial charge < -0.3 is 10.6 Å². The second kappa shape index (κ2) is 6.45. The number of hydrogen-bond donors (Lipinski definition) is 2. The van der Waals surface area contributed by atoms with Gasteiger partial charge >= 0.3 is 0 Å². The number of anilines is 2. The number of nitrogens with zero attached hydrogens (tertiary/aromatic N) is 1. The third-order valence-corrected chi connectivity index (χ3v) is 4.48. The van der Waals surface area contributed by atoms with Gasteiger partial charge in [0.25, 0.3) is 0 Å². The Bertz CT molecular complexity index is 554. The molecule has 0 saturated heterocycles. The maximum absolute atomic E-state index is 11.8. The van der Waals surface area contributed by atoms with Crippen molar-refractivity contribution in [3.05, 3.63) is 18.2 Å². The highest BCUT2D eigenvalue weighted by Crippen LogP contribution is 2.28. The van der Waals surface area contributed by atoms with Crippen molar-refractivity contribution in [2.75, 3.05) is 24.2 Å². The standard InChI is InChI=1S/C14H25N3O2S/c1-10(2)9-17(11(3)4)14-7-6-12(8-13(14)15)20(18,19)16-5/h6-8,10-11,16H,9,15H2,1-5H3. The molecule has 0 unspecified atom stereocenters. The van der Waals surface area contributed by atoms with Gasteiger partial charge in [0.1, 0.15) is 0 Å². The van der Waals surface area contributed by atoms with Gasteiger partial charge in [-0.25, -0.2) is 13.1 Å². The van der Waals surface area contributed by atoms with E-state index in [1.807, 2.05) is 0 Å². The van der Waals surface area contributed by atoms with Gasteiger partial charge in [-0.1, -0.05) is 13.8 Å². The highest BCUT2D eigenvalue weighted by molar-refractivity contribution is 7.89. The minimum absolute atomic E-state index is 0.189. The Hall–Kier alpha value is -1.27. The zero-order valence-corrected chi connectivity index (χ0v) is 13.7. The lowest BCUT2D eigenvalue weighted by molar-refractivity contribution is 0.571. The van der Waals surface area contributed by atoms with Crippen LogP contribution in [0.2, 0.25) is 0 Å². The van der Waals surface area contributed by atoms with Gasteiger partial charge in [0.05, 0.1) is 16.3 Å². The van der Waals surface area contributed by atoms with Crippen molar-refractivity contribution >= 4 is 21.4 Å². The minimum Gasteiger partial charge on any atom is -0.397 e. The molecular formula is C14H25N3O2S. The van der Waals surface area contributed by atoms with Crippen LogP contribution >= 0.6 is 0 Å². The number of nitrogens with two attached hydrogens (primary N) is 1. The molecular weight excluding hydrogens is 274 g/mol. The first-order valence-electron chi connectivity index (χ1n) is 6.78. The number of nitrogen functional groups attached to an aromatic ring is 1. The van der Waals surface area contributed by atoms with E-state index in [1.165, 1.54) is 13.1 Å². The Morgan fingerprint density at radius 3 is 2.25 bits per heavy atom. The molecule has 0 saturated carbocycles. The molecule has 5 nitrogen and oxygen atoms in total. The summed E-state index contributed by atoms with van der Waals surface area (Å²) in [7, 11) is -2.07. The summed E-state index contributed by atoms with van der Waals surface area (Å²) in [5, 5.41) is 0. The fourth-order valence-corrected chi connectivity index (χ4v) is 2.82. The first-order valence-corrected chi connectivity index (χ1v) is 8.27. The van der Waals surface area contributed by atoms with Crippen molar-refractivity contribution in [1.82, 2.24) is 4.72 Å². The molecule has 20 heavy (non-hydrogen) atoms. The summed E-state index contributed by atoms with van der Waals surface area (Å²) >= 11 is 0. The van der Waals surface area contributed by atoms with Crippen LogP contribution in [0.15, 0.2) is 23.1 Å². The van der Waals surface area contributed by atoms with E-state index in [1.54, 1.807) is 12.1 Å². The van der Waals surface area contributed by atoms with Crippen molar-refractivity contribution in [3.8, 4) is 0 Å². The maximum Gasteiger partial charge on any atom is 0.240 e. The smallest absolute Gasteiger partial charge is 0.240 e. The van der Waals surface area contributed by atoms with Gasteiger partial charge in [-0.15, -0.1) is 0 Å². The molecule has 0 bridgehead atoms. The van der Waals surface area contributed by atoms with Crippen molar-refractivity contribution in [1.29, 1.82) is 0 Å². The van der Waals surface area contributed by atoms with Crippen LogP contribution in [0.5, 0.6) is 0 Å². The van der Waals surface area contributed by atoms with Crippen LogP contribution in [0, 0.1) is 5.92 Å². The number of sulfonamides is 1. The lowest BCUT2D eigenvalue weighted by Crippen LogP contribution is -2.34. The summed E-state index contributed by atoms with van der Waals surface area (Å²) in [6.07, 6.45) is 0. The van der Waals surface area contributed by atoms with Gasteiger partial charge in [-0.2, -0.15) is 0 Å². The van der Waals surface area contributed by atoms with E-state index in [0.29, 0.717) is 17.6 Å². The lowest BCUT2D eigenvalue weighted by atomic mass is 10.1. The zero-order valence-electron chi connectivity index (χ0n) is 12.8. The summed E-state index contributed by atoms with van der Waals surface area (Å²) < 4.78 is 25.8. The van der Waals surface area contributed by atoms with E-state index in [2.05, 4.69) is 37.3 Å². The van der Waals surface area contributed by atoms with E-state index in [4.69, 9.17) is 5.73 Å². The molecule has 3 N–H and O–H groups in total. The highest BCUT2D eigenvalue weighted by atomic mass is 32.2. The van der Waals surface area contributed by atoms with Crippen LogP contribution in [0.3, 0.4) is 0 Å². The number of hydrogen-bond acceptors (Lipinski definition) is 4. The molecule has 0 radical (unpaired) electrons. The first-order chi connectivity index (χ1) is 9.19. The maximum atomic E-state index is 11.8. The molecule has 0 fully saturated rings. The summed E-state index contributed by atoms with van der Waals surface area (Å²) in [4.78, 5) is 2.38. The van der Waals surface area contributed by atoms with Crippen LogP contribution in [-0.4, -0.2) is 28.1 Å². The summed E-state index contributed by atoms with van der Waals surface area (Å²) in [6, 6.07) is 5.18. The molecule has 1 aromatic carbocycles.